The number of aromatic nitrogens is 2. The largest absolute Gasteiger partial charge is 0.311 e. The first-order chi connectivity index (χ1) is 9.25. The molecule has 0 atom stereocenters. The number of benzene rings is 1. The lowest BCUT2D eigenvalue weighted by Gasteiger charge is -2.10. The third-order valence-corrected chi connectivity index (χ3v) is 3.12. The fraction of sp³-hybridized carbons (Fsp3) is 0.438. The van der Waals surface area contributed by atoms with E-state index < -0.39 is 0 Å². The lowest BCUT2D eigenvalue weighted by atomic mass is 10.1. The van der Waals surface area contributed by atoms with Gasteiger partial charge in [-0.3, -0.25) is 4.68 Å². The van der Waals surface area contributed by atoms with Gasteiger partial charge >= 0.3 is 0 Å². The van der Waals surface area contributed by atoms with Crippen LogP contribution in [0, 0.1) is 5.92 Å². The van der Waals surface area contributed by atoms with Crippen LogP contribution in [0.4, 0.5) is 0 Å². The summed E-state index contributed by atoms with van der Waals surface area (Å²) in [6, 6.07) is 12.7. The van der Waals surface area contributed by atoms with Crippen molar-refractivity contribution in [2.75, 3.05) is 6.54 Å². The van der Waals surface area contributed by atoms with E-state index in [0.717, 1.165) is 26.1 Å². The van der Waals surface area contributed by atoms with Crippen molar-refractivity contribution >= 4 is 0 Å². The maximum absolute atomic E-state index is 4.41. The Morgan fingerprint density at radius 1 is 1.16 bits per heavy atom. The molecule has 0 fully saturated rings. The average Bonchev–Trinajstić information content (AvgIpc) is 2.85. The number of nitrogens with one attached hydrogen (secondary N) is 1. The Kier molecular flexibility index (Phi) is 5.16. The topological polar surface area (TPSA) is 29.9 Å². The third kappa shape index (κ3) is 4.52. The van der Waals surface area contributed by atoms with Crippen LogP contribution >= 0.6 is 0 Å². The van der Waals surface area contributed by atoms with Crippen LogP contribution in [0.2, 0.25) is 0 Å². The van der Waals surface area contributed by atoms with E-state index in [1.165, 1.54) is 11.3 Å². The van der Waals surface area contributed by atoms with Crippen molar-refractivity contribution in [3.63, 3.8) is 0 Å². The quantitative estimate of drug-likeness (QED) is 0.826. The van der Waals surface area contributed by atoms with Gasteiger partial charge < -0.3 is 5.32 Å². The Labute approximate surface area is 115 Å². The lowest BCUT2D eigenvalue weighted by molar-refractivity contribution is 0.517. The minimum atomic E-state index is 0.681. The first-order valence-electron chi connectivity index (χ1n) is 7.01. The molecule has 0 radical (unpaired) electrons. The smallest absolute Gasteiger partial charge is 0.0522 e. The summed E-state index contributed by atoms with van der Waals surface area (Å²) in [5, 5.41) is 7.87. The van der Waals surface area contributed by atoms with Crippen LogP contribution in [0.15, 0.2) is 42.6 Å². The van der Waals surface area contributed by atoms with E-state index in [1.54, 1.807) is 0 Å². The summed E-state index contributed by atoms with van der Waals surface area (Å²) in [4.78, 5) is 0. The summed E-state index contributed by atoms with van der Waals surface area (Å²) in [6.45, 7) is 7.33. The second-order valence-electron chi connectivity index (χ2n) is 5.31. The molecule has 1 heterocycles. The lowest BCUT2D eigenvalue weighted by Crippen LogP contribution is -2.21. The molecule has 0 aliphatic rings. The first kappa shape index (κ1) is 13.8. The maximum atomic E-state index is 4.41. The molecule has 102 valence electrons. The molecule has 1 aromatic carbocycles. The predicted molar refractivity (Wildman–Crippen MR) is 78.9 cm³/mol. The van der Waals surface area contributed by atoms with E-state index in [9.17, 15) is 0 Å². The minimum Gasteiger partial charge on any atom is -0.311 e. The summed E-state index contributed by atoms with van der Waals surface area (Å²) >= 11 is 0. The van der Waals surface area contributed by atoms with Crippen LogP contribution in [0.3, 0.4) is 0 Å². The van der Waals surface area contributed by atoms with Gasteiger partial charge in [-0.05, 0) is 30.5 Å². The summed E-state index contributed by atoms with van der Waals surface area (Å²) < 4.78 is 2.10. The molecule has 0 amide bonds. The van der Waals surface area contributed by atoms with Gasteiger partial charge in [0.05, 0.1) is 5.69 Å². The van der Waals surface area contributed by atoms with Crippen molar-refractivity contribution in [2.45, 2.75) is 33.4 Å². The molecule has 0 aliphatic carbocycles. The molecule has 2 aromatic rings. The fourth-order valence-corrected chi connectivity index (χ4v) is 2.08. The Bertz CT molecular complexity index is 474. The predicted octanol–water partition coefficient (Wildman–Crippen LogP) is 2.87. The van der Waals surface area contributed by atoms with Crippen LogP contribution in [-0.2, 0) is 19.5 Å². The summed E-state index contributed by atoms with van der Waals surface area (Å²) in [5.74, 6) is 0.681. The Morgan fingerprint density at radius 2 is 1.95 bits per heavy atom. The number of rotatable bonds is 7. The number of nitrogens with zero attached hydrogens (tertiary/aromatic N) is 2. The van der Waals surface area contributed by atoms with Gasteiger partial charge in [0.2, 0.25) is 0 Å². The van der Waals surface area contributed by atoms with Gasteiger partial charge in [0.1, 0.15) is 0 Å². The van der Waals surface area contributed by atoms with Crippen molar-refractivity contribution in [2.24, 2.45) is 5.92 Å². The van der Waals surface area contributed by atoms with Gasteiger partial charge in [0, 0.05) is 19.3 Å². The fourth-order valence-electron chi connectivity index (χ4n) is 2.08. The second-order valence-corrected chi connectivity index (χ2v) is 5.31. The minimum absolute atomic E-state index is 0.681. The molecule has 1 aromatic heterocycles. The molecule has 19 heavy (non-hydrogen) atoms. The molecular formula is C16H23N3. The molecule has 0 unspecified atom stereocenters. The van der Waals surface area contributed by atoms with Crippen LogP contribution in [0.5, 0.6) is 0 Å². The monoisotopic (exact) mass is 257 g/mol. The van der Waals surface area contributed by atoms with Crippen LogP contribution < -0.4 is 5.32 Å². The molecule has 0 aliphatic heterocycles. The van der Waals surface area contributed by atoms with Gasteiger partial charge in [0.15, 0.2) is 0 Å². The zero-order chi connectivity index (χ0) is 13.5. The standard InChI is InChI=1S/C16H23N3/c1-14(2)12-17-13-16-8-10-18-19(16)11-9-15-6-4-3-5-7-15/h3-8,10,14,17H,9,11-13H2,1-2H3. The highest BCUT2D eigenvalue weighted by atomic mass is 15.3. The van der Waals surface area contributed by atoms with E-state index in [1.807, 2.05) is 6.20 Å². The van der Waals surface area contributed by atoms with Crippen molar-refractivity contribution in [1.29, 1.82) is 0 Å². The highest BCUT2D eigenvalue weighted by Crippen LogP contribution is 2.04. The molecule has 0 saturated carbocycles. The van der Waals surface area contributed by atoms with Crippen molar-refractivity contribution in [3.05, 3.63) is 53.9 Å². The first-order valence-corrected chi connectivity index (χ1v) is 7.01. The highest BCUT2D eigenvalue weighted by molar-refractivity contribution is 5.14. The third-order valence-electron chi connectivity index (χ3n) is 3.12. The summed E-state index contributed by atoms with van der Waals surface area (Å²) in [7, 11) is 0. The Morgan fingerprint density at radius 3 is 2.68 bits per heavy atom. The van der Waals surface area contributed by atoms with E-state index in [4.69, 9.17) is 0 Å². The Hall–Kier alpha value is -1.61. The highest BCUT2D eigenvalue weighted by Gasteiger charge is 2.03. The average molecular weight is 257 g/mol. The van der Waals surface area contributed by atoms with E-state index in [2.05, 4.69) is 65.3 Å². The second kappa shape index (κ2) is 7.10. The van der Waals surface area contributed by atoms with Gasteiger partial charge in [0.25, 0.3) is 0 Å². The van der Waals surface area contributed by atoms with Crippen LogP contribution in [0.25, 0.3) is 0 Å². The van der Waals surface area contributed by atoms with E-state index in [-0.39, 0.29) is 0 Å². The normalized spacial score (nSPS) is 11.1. The van der Waals surface area contributed by atoms with Crippen molar-refractivity contribution < 1.29 is 0 Å². The molecule has 2 rings (SSSR count). The number of aryl methyl sites for hydroxylation is 2. The molecule has 0 spiro atoms. The van der Waals surface area contributed by atoms with E-state index in [0.29, 0.717) is 5.92 Å². The molecule has 3 nitrogen and oxygen atoms in total. The van der Waals surface area contributed by atoms with Crippen LogP contribution in [-0.4, -0.2) is 16.3 Å². The molecule has 1 N–H and O–H groups in total. The number of hydrogen-bond donors (Lipinski definition) is 1. The number of hydrogen-bond acceptors (Lipinski definition) is 2. The molecule has 0 saturated heterocycles. The summed E-state index contributed by atoms with van der Waals surface area (Å²) in [6.07, 6.45) is 2.91. The van der Waals surface area contributed by atoms with E-state index >= 15 is 0 Å². The van der Waals surface area contributed by atoms with Gasteiger partial charge in [-0.1, -0.05) is 44.2 Å². The van der Waals surface area contributed by atoms with Gasteiger partial charge in [-0.2, -0.15) is 5.10 Å². The van der Waals surface area contributed by atoms with Crippen LogP contribution in [0.1, 0.15) is 25.1 Å². The zero-order valence-electron chi connectivity index (χ0n) is 11.8. The SMILES string of the molecule is CC(C)CNCc1ccnn1CCc1ccccc1. The van der Waals surface area contributed by atoms with Gasteiger partial charge in [-0.25, -0.2) is 0 Å². The maximum Gasteiger partial charge on any atom is 0.0522 e. The van der Waals surface area contributed by atoms with Crippen molar-refractivity contribution in [1.82, 2.24) is 15.1 Å². The zero-order valence-corrected chi connectivity index (χ0v) is 11.8. The molecule has 3 heteroatoms. The Balaban J connectivity index is 1.85. The molecular weight excluding hydrogens is 234 g/mol. The summed E-state index contributed by atoms with van der Waals surface area (Å²) in [5.41, 5.74) is 2.62. The van der Waals surface area contributed by atoms with Gasteiger partial charge in [-0.15, -0.1) is 0 Å². The molecule has 0 bridgehead atoms. The van der Waals surface area contributed by atoms with Crippen molar-refractivity contribution in [3.8, 4) is 0 Å².